The predicted molar refractivity (Wildman–Crippen MR) is 112 cm³/mol. The second-order valence-electron chi connectivity index (χ2n) is 6.32. The summed E-state index contributed by atoms with van der Waals surface area (Å²) in [6.07, 6.45) is 1.62. The first-order valence-corrected chi connectivity index (χ1v) is 9.47. The van der Waals surface area contributed by atoms with Crippen LogP contribution in [-0.4, -0.2) is 30.6 Å². The van der Waals surface area contributed by atoms with E-state index in [-0.39, 0.29) is 5.91 Å². The molecule has 1 aromatic heterocycles. The lowest BCUT2D eigenvalue weighted by molar-refractivity contribution is 0.0946. The van der Waals surface area contributed by atoms with Crippen molar-refractivity contribution < 1.29 is 9.53 Å². The molecule has 2 aromatic carbocycles. The van der Waals surface area contributed by atoms with E-state index in [1.807, 2.05) is 60.7 Å². The summed E-state index contributed by atoms with van der Waals surface area (Å²) in [6.45, 7) is 4.57. The Morgan fingerprint density at radius 3 is 2.36 bits per heavy atom. The minimum Gasteiger partial charge on any atom is -0.492 e. The van der Waals surface area contributed by atoms with Gasteiger partial charge in [0.1, 0.15) is 18.2 Å². The summed E-state index contributed by atoms with van der Waals surface area (Å²) >= 11 is 0. The van der Waals surface area contributed by atoms with Gasteiger partial charge in [0.15, 0.2) is 0 Å². The van der Waals surface area contributed by atoms with Gasteiger partial charge in [0.2, 0.25) is 0 Å². The fourth-order valence-corrected chi connectivity index (χ4v) is 2.82. The molecule has 5 heteroatoms. The van der Waals surface area contributed by atoms with Gasteiger partial charge < -0.3 is 15.0 Å². The highest BCUT2D eigenvalue weighted by atomic mass is 16.5. The standard InChI is InChI=1S/C23H25N3O2/c1-2-26(18-19-9-5-3-6-10-19)22-14-13-20(17-25-22)23(27)24-15-16-28-21-11-7-4-8-12-21/h3-14,17H,2,15-16,18H2,1H3,(H,24,27). The van der Waals surface area contributed by atoms with Crippen molar-refractivity contribution in [3.05, 3.63) is 90.1 Å². The molecule has 3 rings (SSSR count). The van der Waals surface area contributed by atoms with Crippen molar-refractivity contribution in [1.82, 2.24) is 10.3 Å². The molecular formula is C23H25N3O2. The number of rotatable bonds is 9. The Balaban J connectivity index is 1.50. The van der Waals surface area contributed by atoms with Crippen molar-refractivity contribution in [2.75, 3.05) is 24.6 Å². The number of carbonyl (C=O) groups excluding carboxylic acids is 1. The lowest BCUT2D eigenvalue weighted by Gasteiger charge is -2.22. The first-order chi connectivity index (χ1) is 13.8. The van der Waals surface area contributed by atoms with E-state index >= 15 is 0 Å². The third-order valence-corrected chi connectivity index (χ3v) is 4.33. The van der Waals surface area contributed by atoms with Crippen LogP contribution in [0.4, 0.5) is 5.82 Å². The van der Waals surface area contributed by atoms with E-state index in [4.69, 9.17) is 4.74 Å². The molecule has 0 unspecified atom stereocenters. The number of benzene rings is 2. The highest BCUT2D eigenvalue weighted by Gasteiger charge is 2.10. The van der Waals surface area contributed by atoms with Gasteiger partial charge in [-0.15, -0.1) is 0 Å². The molecule has 0 radical (unpaired) electrons. The zero-order valence-corrected chi connectivity index (χ0v) is 16.0. The van der Waals surface area contributed by atoms with Gasteiger partial charge >= 0.3 is 0 Å². The Labute approximate surface area is 166 Å². The van der Waals surface area contributed by atoms with Crippen LogP contribution in [0.2, 0.25) is 0 Å². The minimum atomic E-state index is -0.151. The summed E-state index contributed by atoms with van der Waals surface area (Å²) in [6, 6.07) is 23.5. The van der Waals surface area contributed by atoms with Crippen molar-refractivity contribution in [3.63, 3.8) is 0 Å². The number of carbonyl (C=O) groups is 1. The molecule has 0 aliphatic carbocycles. The number of para-hydroxylation sites is 1. The van der Waals surface area contributed by atoms with Crippen LogP contribution in [0.5, 0.6) is 5.75 Å². The van der Waals surface area contributed by atoms with E-state index in [1.54, 1.807) is 6.20 Å². The molecular weight excluding hydrogens is 350 g/mol. The van der Waals surface area contributed by atoms with Gasteiger partial charge in [-0.25, -0.2) is 4.98 Å². The number of aromatic nitrogens is 1. The van der Waals surface area contributed by atoms with Crippen LogP contribution in [0.15, 0.2) is 79.0 Å². The molecule has 0 saturated carbocycles. The van der Waals surface area contributed by atoms with Crippen LogP contribution in [-0.2, 0) is 6.54 Å². The minimum absolute atomic E-state index is 0.151. The van der Waals surface area contributed by atoms with Crippen molar-refractivity contribution in [2.45, 2.75) is 13.5 Å². The number of anilines is 1. The number of amides is 1. The Hall–Kier alpha value is -3.34. The smallest absolute Gasteiger partial charge is 0.252 e. The molecule has 0 saturated heterocycles. The quantitative estimate of drug-likeness (QED) is 0.576. The van der Waals surface area contributed by atoms with E-state index in [1.165, 1.54) is 5.56 Å². The second kappa shape index (κ2) is 10.1. The first-order valence-electron chi connectivity index (χ1n) is 9.47. The van der Waals surface area contributed by atoms with Gasteiger partial charge in [-0.2, -0.15) is 0 Å². The number of ether oxygens (including phenoxy) is 1. The first kappa shape index (κ1) is 19.4. The number of nitrogens with one attached hydrogen (secondary N) is 1. The van der Waals surface area contributed by atoms with Gasteiger partial charge in [-0.1, -0.05) is 48.5 Å². The zero-order chi connectivity index (χ0) is 19.6. The Kier molecular flexibility index (Phi) is 7.01. The number of pyridine rings is 1. The van der Waals surface area contributed by atoms with Crippen molar-refractivity contribution in [3.8, 4) is 5.75 Å². The molecule has 1 heterocycles. The van der Waals surface area contributed by atoms with Crippen LogP contribution in [0, 0.1) is 0 Å². The maximum atomic E-state index is 12.3. The largest absolute Gasteiger partial charge is 0.492 e. The van der Waals surface area contributed by atoms with Gasteiger partial charge in [0.05, 0.1) is 12.1 Å². The van der Waals surface area contributed by atoms with Crippen molar-refractivity contribution in [2.24, 2.45) is 0 Å². The summed E-state index contributed by atoms with van der Waals surface area (Å²) in [4.78, 5) is 18.9. The topological polar surface area (TPSA) is 54.5 Å². The Morgan fingerprint density at radius 1 is 1.00 bits per heavy atom. The van der Waals surface area contributed by atoms with Crippen molar-refractivity contribution in [1.29, 1.82) is 0 Å². The van der Waals surface area contributed by atoms with Crippen LogP contribution in [0.3, 0.4) is 0 Å². The average Bonchev–Trinajstić information content (AvgIpc) is 2.76. The molecule has 0 fully saturated rings. The van der Waals surface area contributed by atoms with Gasteiger partial charge in [0.25, 0.3) is 5.91 Å². The van der Waals surface area contributed by atoms with Crippen molar-refractivity contribution >= 4 is 11.7 Å². The average molecular weight is 375 g/mol. The van der Waals surface area contributed by atoms with Crippen LogP contribution < -0.4 is 15.0 Å². The lowest BCUT2D eigenvalue weighted by Crippen LogP contribution is -2.28. The Bertz CT molecular complexity index is 852. The van der Waals surface area contributed by atoms with Crippen LogP contribution in [0.25, 0.3) is 0 Å². The molecule has 144 valence electrons. The molecule has 5 nitrogen and oxygen atoms in total. The maximum Gasteiger partial charge on any atom is 0.252 e. The molecule has 1 amide bonds. The fraction of sp³-hybridized carbons (Fsp3) is 0.217. The SMILES string of the molecule is CCN(Cc1ccccc1)c1ccc(C(=O)NCCOc2ccccc2)cn1. The molecule has 0 atom stereocenters. The van der Waals surface area contributed by atoms with Crippen LogP contribution >= 0.6 is 0 Å². The third kappa shape index (κ3) is 5.58. The third-order valence-electron chi connectivity index (χ3n) is 4.33. The van der Waals surface area contributed by atoms with E-state index in [9.17, 15) is 4.79 Å². The fourth-order valence-electron chi connectivity index (χ4n) is 2.82. The van der Waals surface area contributed by atoms with Gasteiger partial charge in [-0.05, 0) is 36.8 Å². The second-order valence-corrected chi connectivity index (χ2v) is 6.32. The molecule has 0 aliphatic heterocycles. The summed E-state index contributed by atoms with van der Waals surface area (Å²) in [5, 5.41) is 2.85. The van der Waals surface area contributed by atoms with Gasteiger partial charge in [0, 0.05) is 19.3 Å². The highest BCUT2D eigenvalue weighted by molar-refractivity contribution is 5.94. The maximum absolute atomic E-state index is 12.3. The summed E-state index contributed by atoms with van der Waals surface area (Å²) in [5.74, 6) is 1.50. The van der Waals surface area contributed by atoms with E-state index < -0.39 is 0 Å². The molecule has 1 N–H and O–H groups in total. The number of nitrogens with zero attached hydrogens (tertiary/aromatic N) is 2. The highest BCUT2D eigenvalue weighted by Crippen LogP contribution is 2.15. The predicted octanol–water partition coefficient (Wildman–Crippen LogP) is 3.92. The number of hydrogen-bond acceptors (Lipinski definition) is 4. The number of hydrogen-bond donors (Lipinski definition) is 1. The molecule has 0 aliphatic rings. The van der Waals surface area contributed by atoms with E-state index in [0.29, 0.717) is 18.7 Å². The summed E-state index contributed by atoms with van der Waals surface area (Å²) < 4.78 is 5.58. The monoisotopic (exact) mass is 375 g/mol. The zero-order valence-electron chi connectivity index (χ0n) is 16.0. The van der Waals surface area contributed by atoms with E-state index in [0.717, 1.165) is 24.7 Å². The van der Waals surface area contributed by atoms with Gasteiger partial charge in [-0.3, -0.25) is 4.79 Å². The normalized spacial score (nSPS) is 10.3. The molecule has 3 aromatic rings. The van der Waals surface area contributed by atoms with Crippen LogP contribution in [0.1, 0.15) is 22.8 Å². The molecule has 0 bridgehead atoms. The Morgan fingerprint density at radius 2 is 1.71 bits per heavy atom. The van der Waals surface area contributed by atoms with E-state index in [2.05, 4.69) is 34.3 Å². The summed E-state index contributed by atoms with van der Waals surface area (Å²) in [7, 11) is 0. The molecule has 28 heavy (non-hydrogen) atoms. The summed E-state index contributed by atoms with van der Waals surface area (Å²) in [5.41, 5.74) is 1.77. The lowest BCUT2D eigenvalue weighted by atomic mass is 10.2. The molecule has 0 spiro atoms.